The number of para-hydroxylation sites is 1. The standard InChI is InChI=1S/C23H15N3O2S/c27-22(28)18-14-16(24-19-9-5-4-8-17(18)19)10-11-20-21(15-6-2-1-3-7-15)25-23-26(20)12-13-29-23/h1-14H,(H,27,28)/b11-10+. The molecule has 0 unspecified atom stereocenters. The summed E-state index contributed by atoms with van der Waals surface area (Å²) in [6.07, 6.45) is 5.76. The zero-order valence-electron chi connectivity index (χ0n) is 15.2. The molecular formula is C23H15N3O2S. The second kappa shape index (κ2) is 7.00. The smallest absolute Gasteiger partial charge is 0.336 e. The van der Waals surface area contributed by atoms with Crippen LogP contribution in [0.4, 0.5) is 0 Å². The minimum atomic E-state index is -0.965. The normalized spacial score (nSPS) is 11.6. The van der Waals surface area contributed by atoms with E-state index >= 15 is 0 Å². The van der Waals surface area contributed by atoms with Crippen LogP contribution in [-0.4, -0.2) is 25.4 Å². The highest BCUT2D eigenvalue weighted by Crippen LogP contribution is 2.28. The molecule has 0 atom stereocenters. The quantitative estimate of drug-likeness (QED) is 0.436. The maximum atomic E-state index is 11.7. The molecule has 0 spiro atoms. The van der Waals surface area contributed by atoms with Gasteiger partial charge in [-0.25, -0.2) is 14.8 Å². The molecule has 5 nitrogen and oxygen atoms in total. The van der Waals surface area contributed by atoms with Crippen LogP contribution in [0.15, 0.2) is 72.2 Å². The topological polar surface area (TPSA) is 67.5 Å². The van der Waals surface area contributed by atoms with Gasteiger partial charge in [0, 0.05) is 22.5 Å². The number of rotatable bonds is 4. The van der Waals surface area contributed by atoms with Gasteiger partial charge in [0.25, 0.3) is 0 Å². The molecule has 0 radical (unpaired) electrons. The number of nitrogens with zero attached hydrogens (tertiary/aromatic N) is 3. The molecule has 0 aliphatic heterocycles. The van der Waals surface area contributed by atoms with Crippen molar-refractivity contribution in [2.75, 3.05) is 0 Å². The number of carboxylic acid groups (broad SMARTS) is 1. The maximum Gasteiger partial charge on any atom is 0.336 e. The lowest BCUT2D eigenvalue weighted by Gasteiger charge is -2.04. The predicted octanol–water partition coefficient (Wildman–Crippen LogP) is 5.48. The highest BCUT2D eigenvalue weighted by molar-refractivity contribution is 7.15. The van der Waals surface area contributed by atoms with Gasteiger partial charge in [-0.15, -0.1) is 11.3 Å². The zero-order chi connectivity index (χ0) is 19.8. The van der Waals surface area contributed by atoms with Crippen LogP contribution in [-0.2, 0) is 0 Å². The fraction of sp³-hybridized carbons (Fsp3) is 0. The van der Waals surface area contributed by atoms with Crippen molar-refractivity contribution in [2.24, 2.45) is 0 Å². The number of imidazole rings is 1. The first-order chi connectivity index (χ1) is 14.2. The third-order valence-corrected chi connectivity index (χ3v) is 5.48. The molecule has 0 amide bonds. The van der Waals surface area contributed by atoms with E-state index < -0.39 is 5.97 Å². The van der Waals surface area contributed by atoms with Crippen molar-refractivity contribution in [3.63, 3.8) is 0 Å². The molecular weight excluding hydrogens is 382 g/mol. The number of carboxylic acids is 1. The lowest BCUT2D eigenvalue weighted by molar-refractivity contribution is 0.0699. The molecule has 5 rings (SSSR count). The third-order valence-electron chi connectivity index (χ3n) is 4.72. The Bertz CT molecular complexity index is 1380. The molecule has 5 aromatic rings. The van der Waals surface area contributed by atoms with Gasteiger partial charge < -0.3 is 5.11 Å². The number of hydrogen-bond donors (Lipinski definition) is 1. The van der Waals surface area contributed by atoms with Crippen LogP contribution in [0.5, 0.6) is 0 Å². The summed E-state index contributed by atoms with van der Waals surface area (Å²) in [4.78, 5) is 22.0. The first kappa shape index (κ1) is 17.3. The molecule has 0 saturated heterocycles. The van der Waals surface area contributed by atoms with E-state index in [2.05, 4.69) is 4.98 Å². The number of hydrogen-bond acceptors (Lipinski definition) is 4. The van der Waals surface area contributed by atoms with Crippen molar-refractivity contribution in [1.29, 1.82) is 0 Å². The Morgan fingerprint density at radius 2 is 1.79 bits per heavy atom. The fourth-order valence-corrected chi connectivity index (χ4v) is 4.11. The molecule has 6 heteroatoms. The Morgan fingerprint density at radius 1 is 1.00 bits per heavy atom. The predicted molar refractivity (Wildman–Crippen MR) is 116 cm³/mol. The first-order valence-corrected chi connectivity index (χ1v) is 9.91. The molecule has 0 aliphatic carbocycles. The Kier molecular flexibility index (Phi) is 4.18. The van der Waals surface area contributed by atoms with Crippen LogP contribution in [0.25, 0.3) is 39.3 Å². The molecule has 29 heavy (non-hydrogen) atoms. The summed E-state index contributed by atoms with van der Waals surface area (Å²) in [5.74, 6) is -0.965. The number of fused-ring (bicyclic) bond motifs is 2. The summed E-state index contributed by atoms with van der Waals surface area (Å²) >= 11 is 1.57. The van der Waals surface area contributed by atoms with Gasteiger partial charge in [-0.2, -0.15) is 0 Å². The minimum Gasteiger partial charge on any atom is -0.478 e. The molecule has 2 aromatic carbocycles. The highest BCUT2D eigenvalue weighted by atomic mass is 32.1. The summed E-state index contributed by atoms with van der Waals surface area (Å²) < 4.78 is 2.03. The van der Waals surface area contributed by atoms with Crippen molar-refractivity contribution >= 4 is 45.3 Å². The van der Waals surface area contributed by atoms with E-state index in [4.69, 9.17) is 4.98 Å². The van der Waals surface area contributed by atoms with Gasteiger partial charge in [-0.1, -0.05) is 48.5 Å². The van der Waals surface area contributed by atoms with Crippen molar-refractivity contribution < 1.29 is 9.90 Å². The molecule has 0 aliphatic rings. The largest absolute Gasteiger partial charge is 0.478 e. The summed E-state index contributed by atoms with van der Waals surface area (Å²) in [5, 5.41) is 12.2. The van der Waals surface area contributed by atoms with Crippen molar-refractivity contribution in [2.45, 2.75) is 0 Å². The molecule has 0 fully saturated rings. The van der Waals surface area contributed by atoms with Crippen molar-refractivity contribution in [1.82, 2.24) is 14.4 Å². The zero-order valence-corrected chi connectivity index (χ0v) is 16.0. The van der Waals surface area contributed by atoms with Crippen LogP contribution in [0, 0.1) is 0 Å². The van der Waals surface area contributed by atoms with Gasteiger partial charge in [-0.3, -0.25) is 4.40 Å². The molecule has 1 N–H and O–H groups in total. The Balaban J connectivity index is 1.65. The van der Waals surface area contributed by atoms with E-state index in [0.29, 0.717) is 16.6 Å². The van der Waals surface area contributed by atoms with Gasteiger partial charge in [-0.05, 0) is 24.3 Å². The lowest BCUT2D eigenvalue weighted by atomic mass is 10.1. The summed E-state index contributed by atoms with van der Waals surface area (Å²) in [6, 6.07) is 18.9. The number of pyridine rings is 1. The molecule has 3 heterocycles. The van der Waals surface area contributed by atoms with E-state index in [0.717, 1.165) is 21.9 Å². The summed E-state index contributed by atoms with van der Waals surface area (Å²) in [6.45, 7) is 0. The van der Waals surface area contributed by atoms with Gasteiger partial charge >= 0.3 is 5.97 Å². The monoisotopic (exact) mass is 397 g/mol. The Labute approximate surface area is 170 Å². The number of benzene rings is 2. The fourth-order valence-electron chi connectivity index (χ4n) is 3.39. The van der Waals surface area contributed by atoms with Gasteiger partial charge in [0.2, 0.25) is 0 Å². The lowest BCUT2D eigenvalue weighted by Crippen LogP contribution is -2.00. The summed E-state index contributed by atoms with van der Waals surface area (Å²) in [7, 11) is 0. The second-order valence-corrected chi connectivity index (χ2v) is 7.39. The van der Waals surface area contributed by atoms with Crippen LogP contribution < -0.4 is 0 Å². The van der Waals surface area contributed by atoms with E-state index in [1.54, 1.807) is 23.5 Å². The van der Waals surface area contributed by atoms with E-state index in [1.165, 1.54) is 0 Å². The third kappa shape index (κ3) is 3.09. The van der Waals surface area contributed by atoms with Crippen molar-refractivity contribution in [3.05, 3.63) is 89.2 Å². The van der Waals surface area contributed by atoms with E-state index in [9.17, 15) is 9.90 Å². The second-order valence-electron chi connectivity index (χ2n) is 6.52. The van der Waals surface area contributed by atoms with Gasteiger partial charge in [0.1, 0.15) is 0 Å². The minimum absolute atomic E-state index is 0.243. The maximum absolute atomic E-state index is 11.7. The van der Waals surface area contributed by atoms with E-state index in [1.807, 2.05) is 76.7 Å². The van der Waals surface area contributed by atoms with E-state index in [-0.39, 0.29) is 5.56 Å². The van der Waals surface area contributed by atoms with Crippen LogP contribution in [0.2, 0.25) is 0 Å². The molecule has 0 saturated carbocycles. The average Bonchev–Trinajstić information content (AvgIpc) is 3.34. The number of thiazole rings is 1. The first-order valence-electron chi connectivity index (χ1n) is 9.03. The number of aromatic nitrogens is 3. The Hall–Kier alpha value is -3.77. The number of carbonyl (C=O) groups is 1. The van der Waals surface area contributed by atoms with Gasteiger partial charge in [0.15, 0.2) is 4.96 Å². The van der Waals surface area contributed by atoms with Crippen LogP contribution in [0.3, 0.4) is 0 Å². The van der Waals surface area contributed by atoms with Gasteiger partial charge in [0.05, 0.1) is 28.2 Å². The molecule has 0 bridgehead atoms. The molecule has 140 valence electrons. The number of aromatic carboxylic acids is 1. The van der Waals surface area contributed by atoms with Crippen LogP contribution in [0.1, 0.15) is 21.7 Å². The Morgan fingerprint density at radius 3 is 2.62 bits per heavy atom. The summed E-state index contributed by atoms with van der Waals surface area (Å²) in [5.41, 5.74) is 4.33. The SMILES string of the molecule is O=C(O)c1cc(/C=C/c2c(-c3ccccc3)nc3sccn23)nc2ccccc12. The molecule has 3 aromatic heterocycles. The van der Waals surface area contributed by atoms with Crippen LogP contribution >= 0.6 is 11.3 Å². The highest BCUT2D eigenvalue weighted by Gasteiger charge is 2.14. The average molecular weight is 397 g/mol. The van der Waals surface area contributed by atoms with Crippen molar-refractivity contribution in [3.8, 4) is 11.3 Å².